The van der Waals surface area contributed by atoms with Crippen molar-refractivity contribution in [2.45, 2.75) is 35.6 Å². The lowest BCUT2D eigenvalue weighted by molar-refractivity contribution is 0.444. The second-order valence-corrected chi connectivity index (χ2v) is 15.5. The summed E-state index contributed by atoms with van der Waals surface area (Å²) in [4.78, 5) is 4.61. The smallest absolute Gasteiger partial charge is 0.269 e. The number of aromatic nitrogens is 2. The molecule has 4 aromatic rings. The van der Waals surface area contributed by atoms with Crippen molar-refractivity contribution in [3.05, 3.63) is 85.2 Å². The van der Waals surface area contributed by atoms with Gasteiger partial charge in [-0.3, -0.25) is 9.11 Å². The fourth-order valence-electron chi connectivity index (χ4n) is 4.69. The van der Waals surface area contributed by atoms with Gasteiger partial charge < -0.3 is 0 Å². The van der Waals surface area contributed by atoms with Crippen LogP contribution >= 0.6 is 10.6 Å². The molecule has 206 valence electrons. The van der Waals surface area contributed by atoms with Crippen LogP contribution in [-0.2, 0) is 20.0 Å². The highest BCUT2D eigenvalue weighted by Gasteiger charge is 2.28. The quantitative estimate of drug-likeness (QED) is 0.271. The number of allylic oxidation sites excluding steroid dienone is 1. The number of benzene rings is 2. The minimum absolute atomic E-state index is 0.0839. The Bertz CT molecular complexity index is 1750. The summed E-state index contributed by atoms with van der Waals surface area (Å²) in [5.41, 5.74) is 2.58. The number of nitrogens with one attached hydrogen (secondary N) is 1. The predicted octanol–water partition coefficient (Wildman–Crippen LogP) is 5.16. The molecule has 5 rings (SSSR count). The average molecular weight is 588 g/mol. The highest BCUT2D eigenvalue weighted by atomic mass is 32.3. The van der Waals surface area contributed by atoms with Crippen LogP contribution in [0.2, 0.25) is 0 Å². The molecule has 39 heavy (non-hydrogen) atoms. The summed E-state index contributed by atoms with van der Waals surface area (Å²) in [7, 11) is -10.4. The molecule has 0 atom stereocenters. The molecule has 2 aromatic heterocycles. The van der Waals surface area contributed by atoms with E-state index in [1.807, 2.05) is 0 Å². The monoisotopic (exact) mass is 587 g/mol. The number of rotatable bonds is 7. The minimum atomic E-state index is -3.97. The molecule has 0 amide bonds. The van der Waals surface area contributed by atoms with Crippen LogP contribution in [0, 0.1) is 0 Å². The standard InChI is InChI=1S/C27H29N3O6S3/c1-19(2)26-18-25-24(12-15-28-27(25)30(26)39(35,36)23-6-4-3-5-7-23)20-8-10-22(11-9-20)38(33,34)29-21-13-16-37(31,32)17-14-21/h3-12,15,18,21,29,31-32H,1,13-14,16-17H2,2H3. The molecule has 1 fully saturated rings. The highest BCUT2D eigenvalue weighted by Crippen LogP contribution is 2.44. The van der Waals surface area contributed by atoms with E-state index < -0.39 is 30.6 Å². The zero-order valence-electron chi connectivity index (χ0n) is 21.2. The first-order valence-electron chi connectivity index (χ1n) is 12.2. The summed E-state index contributed by atoms with van der Waals surface area (Å²) in [5.74, 6) is 0.367. The van der Waals surface area contributed by atoms with Crippen molar-refractivity contribution in [1.82, 2.24) is 13.7 Å². The third-order valence-electron chi connectivity index (χ3n) is 6.76. The lowest BCUT2D eigenvalue weighted by atomic mass is 10.0. The van der Waals surface area contributed by atoms with Gasteiger partial charge in [0.2, 0.25) is 10.0 Å². The Morgan fingerprint density at radius 1 is 0.974 bits per heavy atom. The molecule has 0 aliphatic carbocycles. The molecular weight excluding hydrogens is 559 g/mol. The zero-order chi connectivity index (χ0) is 28.0. The van der Waals surface area contributed by atoms with Crippen molar-refractivity contribution in [2.24, 2.45) is 0 Å². The van der Waals surface area contributed by atoms with Crippen molar-refractivity contribution >= 4 is 47.2 Å². The third-order valence-corrected chi connectivity index (χ3v) is 11.8. The molecule has 0 saturated carbocycles. The molecule has 1 aliphatic rings. The molecule has 3 heterocycles. The number of hydrogen-bond acceptors (Lipinski definition) is 7. The lowest BCUT2D eigenvalue weighted by Gasteiger charge is -2.39. The van der Waals surface area contributed by atoms with Gasteiger partial charge in [0.15, 0.2) is 5.65 Å². The van der Waals surface area contributed by atoms with Gasteiger partial charge in [0.1, 0.15) is 0 Å². The normalized spacial score (nSPS) is 17.2. The summed E-state index contributed by atoms with van der Waals surface area (Å²) in [6.45, 7) is 5.70. The van der Waals surface area contributed by atoms with Crippen molar-refractivity contribution < 1.29 is 25.9 Å². The summed E-state index contributed by atoms with van der Waals surface area (Å²) >= 11 is 0. The first-order chi connectivity index (χ1) is 18.4. The van der Waals surface area contributed by atoms with Gasteiger partial charge in [0.25, 0.3) is 10.0 Å². The Kier molecular flexibility index (Phi) is 7.20. The van der Waals surface area contributed by atoms with E-state index in [0.29, 0.717) is 40.6 Å². The lowest BCUT2D eigenvalue weighted by Crippen LogP contribution is -2.39. The predicted molar refractivity (Wildman–Crippen MR) is 155 cm³/mol. The molecule has 12 heteroatoms. The van der Waals surface area contributed by atoms with Gasteiger partial charge in [0.05, 0.1) is 15.5 Å². The van der Waals surface area contributed by atoms with Crippen LogP contribution in [-0.4, -0.2) is 52.4 Å². The zero-order valence-corrected chi connectivity index (χ0v) is 23.6. The number of fused-ring (bicyclic) bond motifs is 1. The van der Waals surface area contributed by atoms with Crippen molar-refractivity contribution in [3.8, 4) is 11.1 Å². The molecule has 0 unspecified atom stereocenters. The molecule has 0 spiro atoms. The second kappa shape index (κ2) is 10.2. The van der Waals surface area contributed by atoms with Crippen LogP contribution < -0.4 is 4.72 Å². The average Bonchev–Trinajstić information content (AvgIpc) is 3.32. The van der Waals surface area contributed by atoms with Crippen LogP contribution in [0.25, 0.3) is 27.7 Å². The van der Waals surface area contributed by atoms with E-state index in [4.69, 9.17) is 0 Å². The van der Waals surface area contributed by atoms with Gasteiger partial charge in [-0.1, -0.05) is 36.9 Å². The van der Waals surface area contributed by atoms with E-state index in [1.54, 1.807) is 49.4 Å². The number of sulfonamides is 1. The molecule has 0 radical (unpaired) electrons. The molecule has 1 saturated heterocycles. The number of hydrogen-bond donors (Lipinski definition) is 3. The maximum absolute atomic E-state index is 13.6. The van der Waals surface area contributed by atoms with E-state index >= 15 is 0 Å². The van der Waals surface area contributed by atoms with Crippen LogP contribution in [0.15, 0.2) is 89.3 Å². The van der Waals surface area contributed by atoms with E-state index in [-0.39, 0.29) is 33.0 Å². The van der Waals surface area contributed by atoms with Gasteiger partial charge >= 0.3 is 0 Å². The largest absolute Gasteiger partial charge is 0.299 e. The van der Waals surface area contributed by atoms with E-state index in [0.717, 1.165) is 0 Å². The summed E-state index contributed by atoms with van der Waals surface area (Å²) in [6.07, 6.45) is 2.25. The first-order valence-corrected chi connectivity index (χ1v) is 17.0. The van der Waals surface area contributed by atoms with E-state index in [9.17, 15) is 25.9 Å². The van der Waals surface area contributed by atoms with Gasteiger partial charge in [-0.2, -0.15) is 10.6 Å². The Labute approximate surface area is 229 Å². The van der Waals surface area contributed by atoms with Gasteiger partial charge in [-0.15, -0.1) is 0 Å². The Morgan fingerprint density at radius 2 is 1.62 bits per heavy atom. The van der Waals surface area contributed by atoms with E-state index in [1.165, 1.54) is 34.4 Å². The highest BCUT2D eigenvalue weighted by molar-refractivity contribution is 8.24. The fourth-order valence-corrected chi connectivity index (χ4v) is 9.08. The fraction of sp³-hybridized carbons (Fsp3) is 0.222. The molecule has 2 aromatic carbocycles. The first kappa shape index (κ1) is 27.6. The van der Waals surface area contributed by atoms with Crippen LogP contribution in [0.3, 0.4) is 0 Å². The molecule has 0 bridgehead atoms. The van der Waals surface area contributed by atoms with Crippen molar-refractivity contribution in [1.29, 1.82) is 0 Å². The van der Waals surface area contributed by atoms with Crippen LogP contribution in [0.4, 0.5) is 0 Å². The Morgan fingerprint density at radius 3 is 2.23 bits per heavy atom. The molecule has 1 aliphatic heterocycles. The van der Waals surface area contributed by atoms with Crippen molar-refractivity contribution in [2.75, 3.05) is 11.5 Å². The summed E-state index contributed by atoms with van der Waals surface area (Å²) in [6, 6.07) is 17.6. The molecule has 3 N–H and O–H groups in total. The van der Waals surface area contributed by atoms with Gasteiger partial charge in [-0.05, 0) is 72.9 Å². The summed E-state index contributed by atoms with van der Waals surface area (Å²) < 4.78 is 76.6. The SMILES string of the molecule is C=C(C)c1cc2c(-c3ccc(S(=O)(=O)NC4CCS(O)(O)CC4)cc3)ccnc2n1S(=O)(=O)c1ccccc1. The topological polar surface area (TPSA) is 139 Å². The second-order valence-electron chi connectivity index (χ2n) is 9.62. The maximum atomic E-state index is 13.6. The Balaban J connectivity index is 1.51. The summed E-state index contributed by atoms with van der Waals surface area (Å²) in [5, 5.41) is 0.588. The van der Waals surface area contributed by atoms with Crippen LogP contribution in [0.1, 0.15) is 25.5 Å². The van der Waals surface area contributed by atoms with E-state index in [2.05, 4.69) is 16.3 Å². The minimum Gasteiger partial charge on any atom is -0.299 e. The third kappa shape index (κ3) is 5.40. The number of nitrogens with zero attached hydrogens (tertiary/aromatic N) is 2. The van der Waals surface area contributed by atoms with Crippen LogP contribution in [0.5, 0.6) is 0 Å². The van der Waals surface area contributed by atoms with Gasteiger partial charge in [-0.25, -0.2) is 30.5 Å². The Hall–Kier alpha value is -3.00. The van der Waals surface area contributed by atoms with Gasteiger partial charge in [0, 0.05) is 29.1 Å². The number of pyridine rings is 1. The molecule has 9 nitrogen and oxygen atoms in total. The maximum Gasteiger partial charge on any atom is 0.269 e. The van der Waals surface area contributed by atoms with Crippen molar-refractivity contribution in [3.63, 3.8) is 0 Å². The molecular formula is C27H29N3O6S3.